The Bertz CT molecular complexity index is 252. The minimum absolute atomic E-state index is 0.0358. The molecule has 5 heteroatoms. The van der Waals surface area contributed by atoms with Crippen molar-refractivity contribution >= 4 is 12.4 Å². The second-order valence-corrected chi connectivity index (χ2v) is 3.96. The summed E-state index contributed by atoms with van der Waals surface area (Å²) in [6.07, 6.45) is 2.38. The summed E-state index contributed by atoms with van der Waals surface area (Å²) >= 11 is 0. The highest BCUT2D eigenvalue weighted by atomic mass is 16.5. The van der Waals surface area contributed by atoms with Crippen LogP contribution >= 0.6 is 0 Å². The third-order valence-electron chi connectivity index (χ3n) is 2.67. The van der Waals surface area contributed by atoms with Gasteiger partial charge in [0.15, 0.2) is 5.54 Å². The van der Waals surface area contributed by atoms with E-state index in [1.54, 1.807) is 6.92 Å². The average molecular weight is 215 g/mol. The second-order valence-electron chi connectivity index (χ2n) is 3.96. The smallest absolute Gasteiger partial charge is 0.331 e. The van der Waals surface area contributed by atoms with Gasteiger partial charge in [-0.25, -0.2) is 4.79 Å². The fraction of sp³-hybridized carbons (Fsp3) is 0.800. The zero-order chi connectivity index (χ0) is 11.5. The lowest BCUT2D eigenvalue weighted by Gasteiger charge is -2.34. The summed E-state index contributed by atoms with van der Waals surface area (Å²) in [6, 6.07) is 0.0732. The number of carbonyl (C=O) groups excluding carboxylic acids is 1. The summed E-state index contributed by atoms with van der Waals surface area (Å²) < 4.78 is 5.14. The monoisotopic (exact) mass is 215 g/mol. The van der Waals surface area contributed by atoms with Crippen molar-refractivity contribution in [1.29, 1.82) is 0 Å². The van der Waals surface area contributed by atoms with Crippen molar-refractivity contribution < 1.29 is 19.4 Å². The van der Waals surface area contributed by atoms with Crippen LogP contribution in [0.25, 0.3) is 0 Å². The van der Waals surface area contributed by atoms with Gasteiger partial charge in [-0.1, -0.05) is 0 Å². The van der Waals surface area contributed by atoms with Crippen LogP contribution < -0.4 is 0 Å². The van der Waals surface area contributed by atoms with Crippen LogP contribution in [0.4, 0.5) is 0 Å². The zero-order valence-electron chi connectivity index (χ0n) is 9.10. The molecule has 0 heterocycles. The van der Waals surface area contributed by atoms with Crippen molar-refractivity contribution in [3.8, 4) is 0 Å². The second kappa shape index (κ2) is 4.61. The number of rotatable bonds is 7. The number of aliphatic carboxylic acids is 1. The molecule has 0 spiro atoms. The van der Waals surface area contributed by atoms with Crippen molar-refractivity contribution in [2.45, 2.75) is 38.3 Å². The number of hydrogen-bond acceptors (Lipinski definition) is 3. The normalized spacial score (nSPS) is 19.3. The van der Waals surface area contributed by atoms with Gasteiger partial charge in [0, 0.05) is 12.6 Å². The lowest BCUT2D eigenvalue weighted by molar-refractivity contribution is -0.159. The van der Waals surface area contributed by atoms with Crippen molar-refractivity contribution in [3.63, 3.8) is 0 Å². The number of carboxylic acid groups (broad SMARTS) is 1. The minimum atomic E-state index is -1.24. The maximum Gasteiger partial charge on any atom is 0.331 e. The Morgan fingerprint density at radius 2 is 2.27 bits per heavy atom. The maximum atomic E-state index is 11.2. The summed E-state index contributed by atoms with van der Waals surface area (Å²) in [5.41, 5.74) is -1.24. The summed E-state index contributed by atoms with van der Waals surface area (Å²) in [7, 11) is 0. The van der Waals surface area contributed by atoms with E-state index in [1.165, 1.54) is 11.8 Å². The van der Waals surface area contributed by atoms with E-state index in [2.05, 4.69) is 0 Å². The molecule has 1 rings (SSSR count). The van der Waals surface area contributed by atoms with Gasteiger partial charge in [-0.3, -0.25) is 4.79 Å². The van der Waals surface area contributed by atoms with Crippen LogP contribution in [0, 0.1) is 0 Å². The Morgan fingerprint density at radius 3 is 2.60 bits per heavy atom. The Morgan fingerprint density at radius 1 is 1.67 bits per heavy atom. The molecular formula is C10H17NO4. The van der Waals surface area contributed by atoms with Crippen molar-refractivity contribution in [1.82, 2.24) is 4.90 Å². The molecule has 1 saturated carbocycles. The van der Waals surface area contributed by atoms with E-state index < -0.39 is 11.5 Å². The molecule has 0 aliphatic heterocycles. The molecule has 5 nitrogen and oxygen atoms in total. The molecule has 1 aliphatic rings. The summed E-state index contributed by atoms with van der Waals surface area (Å²) in [4.78, 5) is 23.5. The van der Waals surface area contributed by atoms with Crippen LogP contribution in [0.3, 0.4) is 0 Å². The van der Waals surface area contributed by atoms with Crippen LogP contribution in [0.1, 0.15) is 26.7 Å². The fourth-order valence-electron chi connectivity index (χ4n) is 1.51. The van der Waals surface area contributed by atoms with Gasteiger partial charge in [-0.15, -0.1) is 0 Å². The number of carboxylic acids is 1. The molecule has 0 aromatic rings. The van der Waals surface area contributed by atoms with Crippen LogP contribution in [-0.4, -0.2) is 47.2 Å². The molecule has 0 radical (unpaired) electrons. The average Bonchev–Trinajstić information content (AvgIpc) is 2.99. The summed E-state index contributed by atoms with van der Waals surface area (Å²) in [6.45, 7) is 3.80. The molecular weight excluding hydrogens is 198 g/mol. The largest absolute Gasteiger partial charge is 0.479 e. The Labute approximate surface area is 89.0 Å². The lowest BCUT2D eigenvalue weighted by Crippen LogP contribution is -2.56. The first-order valence-corrected chi connectivity index (χ1v) is 5.11. The molecule has 1 N–H and O–H groups in total. The van der Waals surface area contributed by atoms with Crippen LogP contribution in [-0.2, 0) is 14.3 Å². The van der Waals surface area contributed by atoms with E-state index in [9.17, 15) is 9.59 Å². The van der Waals surface area contributed by atoms with Gasteiger partial charge in [0.05, 0.1) is 6.61 Å². The van der Waals surface area contributed by atoms with Crippen molar-refractivity contribution in [2.24, 2.45) is 0 Å². The van der Waals surface area contributed by atoms with Crippen LogP contribution in [0.15, 0.2) is 0 Å². The number of ether oxygens (including phenoxy) is 1. The van der Waals surface area contributed by atoms with Crippen LogP contribution in [0.2, 0.25) is 0 Å². The first-order chi connectivity index (χ1) is 7.06. The van der Waals surface area contributed by atoms with E-state index in [0.717, 1.165) is 12.8 Å². The predicted molar refractivity (Wildman–Crippen MR) is 53.5 cm³/mol. The van der Waals surface area contributed by atoms with E-state index in [0.29, 0.717) is 13.0 Å². The molecule has 1 fully saturated rings. The van der Waals surface area contributed by atoms with Gasteiger partial charge in [0.25, 0.3) is 0 Å². The highest BCUT2D eigenvalue weighted by Gasteiger charge is 2.46. The number of hydrogen-bond donors (Lipinski definition) is 1. The Kier molecular flexibility index (Phi) is 3.68. The summed E-state index contributed by atoms with van der Waals surface area (Å²) in [5.74, 6) is -1.02. The van der Waals surface area contributed by atoms with Gasteiger partial charge in [-0.2, -0.15) is 0 Å². The van der Waals surface area contributed by atoms with Gasteiger partial charge < -0.3 is 14.7 Å². The molecule has 1 amide bonds. The predicted octanol–water partition coefficient (Wildman–Crippen LogP) is 0.487. The molecule has 1 aliphatic carbocycles. The van der Waals surface area contributed by atoms with Gasteiger partial charge in [0.2, 0.25) is 6.41 Å². The van der Waals surface area contributed by atoms with Gasteiger partial charge >= 0.3 is 5.97 Å². The molecule has 1 atom stereocenters. The standard InChI is InChI=1S/C10H17NO4/c1-3-15-6-10(2,9(13)14)11(7-12)8-4-5-8/h7-8H,3-6H2,1-2H3,(H,13,14). The topological polar surface area (TPSA) is 66.8 Å². The van der Waals surface area contributed by atoms with Crippen molar-refractivity contribution in [2.75, 3.05) is 13.2 Å². The molecule has 86 valence electrons. The Balaban J connectivity index is 2.76. The highest BCUT2D eigenvalue weighted by molar-refractivity contribution is 5.81. The van der Waals surface area contributed by atoms with E-state index in [-0.39, 0.29) is 12.6 Å². The SMILES string of the molecule is CCOCC(C)(C(=O)O)N(C=O)C1CC1. The molecule has 0 aromatic carbocycles. The minimum Gasteiger partial charge on any atom is -0.479 e. The lowest BCUT2D eigenvalue weighted by atomic mass is 10.0. The number of nitrogens with zero attached hydrogens (tertiary/aromatic N) is 1. The van der Waals surface area contributed by atoms with Gasteiger partial charge in [-0.05, 0) is 26.7 Å². The molecule has 0 bridgehead atoms. The first kappa shape index (κ1) is 12.0. The van der Waals surface area contributed by atoms with Crippen molar-refractivity contribution in [3.05, 3.63) is 0 Å². The summed E-state index contributed by atoms with van der Waals surface area (Å²) in [5, 5.41) is 9.16. The first-order valence-electron chi connectivity index (χ1n) is 5.11. The fourth-order valence-corrected chi connectivity index (χ4v) is 1.51. The van der Waals surface area contributed by atoms with E-state index >= 15 is 0 Å². The third kappa shape index (κ3) is 2.47. The molecule has 0 aromatic heterocycles. The Hall–Kier alpha value is -1.10. The zero-order valence-corrected chi connectivity index (χ0v) is 9.10. The number of amides is 1. The molecule has 0 saturated heterocycles. The molecule has 15 heavy (non-hydrogen) atoms. The van der Waals surface area contributed by atoms with E-state index in [4.69, 9.17) is 9.84 Å². The van der Waals surface area contributed by atoms with E-state index in [1.807, 2.05) is 0 Å². The maximum absolute atomic E-state index is 11.2. The quantitative estimate of drug-likeness (QED) is 0.627. The third-order valence-corrected chi connectivity index (χ3v) is 2.67. The highest BCUT2D eigenvalue weighted by Crippen LogP contribution is 2.32. The van der Waals surface area contributed by atoms with Crippen LogP contribution in [0.5, 0.6) is 0 Å². The number of carbonyl (C=O) groups is 2. The molecule has 1 unspecified atom stereocenters. The van der Waals surface area contributed by atoms with Gasteiger partial charge in [0.1, 0.15) is 0 Å².